The van der Waals surface area contributed by atoms with E-state index >= 15 is 0 Å². The number of carbonyl (C=O) groups is 2. The van der Waals surface area contributed by atoms with Crippen LogP contribution in [-0.4, -0.2) is 11.6 Å². The molecule has 3 heteroatoms. The molecule has 0 bridgehead atoms. The maximum Gasteiger partial charge on any atom is 0.177 e. The molecule has 2 unspecified atom stereocenters. The number of benzene rings is 1. The third kappa shape index (κ3) is 2.23. The molecule has 0 amide bonds. The molecular formula is C18H18O3. The second-order valence-electron chi connectivity index (χ2n) is 5.83. The van der Waals surface area contributed by atoms with Crippen LogP contribution in [0.3, 0.4) is 0 Å². The molecule has 1 aliphatic carbocycles. The first-order chi connectivity index (χ1) is 9.99. The number of furan rings is 1. The number of fused-ring (bicyclic) bond motifs is 1. The summed E-state index contributed by atoms with van der Waals surface area (Å²) >= 11 is 0. The quantitative estimate of drug-likeness (QED) is 0.615. The van der Waals surface area contributed by atoms with E-state index in [0.29, 0.717) is 29.1 Å². The zero-order valence-corrected chi connectivity index (χ0v) is 12.5. The molecule has 0 saturated heterocycles. The number of carbonyl (C=O) groups excluding carboxylic acids is 2. The Labute approximate surface area is 124 Å². The highest BCUT2D eigenvalue weighted by molar-refractivity contribution is 6.17. The monoisotopic (exact) mass is 282 g/mol. The molecule has 0 saturated carbocycles. The lowest BCUT2D eigenvalue weighted by molar-refractivity contribution is 0.0781. The zero-order chi connectivity index (χ0) is 15.1. The molecule has 3 nitrogen and oxygen atoms in total. The van der Waals surface area contributed by atoms with Gasteiger partial charge < -0.3 is 4.42 Å². The number of hydrogen-bond acceptors (Lipinski definition) is 3. The van der Waals surface area contributed by atoms with Gasteiger partial charge >= 0.3 is 0 Å². The second-order valence-corrected chi connectivity index (χ2v) is 5.83. The molecule has 21 heavy (non-hydrogen) atoms. The molecule has 1 heterocycles. The largest absolute Gasteiger partial charge is 0.466 e. The Bertz CT molecular complexity index is 724. The van der Waals surface area contributed by atoms with Crippen LogP contribution in [0.15, 0.2) is 34.7 Å². The molecule has 1 aromatic carbocycles. The Balaban J connectivity index is 2.00. The van der Waals surface area contributed by atoms with Crippen molar-refractivity contribution < 1.29 is 14.0 Å². The van der Waals surface area contributed by atoms with Gasteiger partial charge in [-0.2, -0.15) is 0 Å². The maximum atomic E-state index is 12.7. The van der Waals surface area contributed by atoms with Gasteiger partial charge in [0.15, 0.2) is 11.6 Å². The van der Waals surface area contributed by atoms with Crippen LogP contribution in [0.5, 0.6) is 0 Å². The van der Waals surface area contributed by atoms with E-state index in [0.717, 1.165) is 5.56 Å². The highest BCUT2D eigenvalue weighted by Crippen LogP contribution is 2.36. The van der Waals surface area contributed by atoms with Crippen LogP contribution in [0.4, 0.5) is 0 Å². The van der Waals surface area contributed by atoms with E-state index in [4.69, 9.17) is 4.42 Å². The first kappa shape index (κ1) is 13.8. The molecule has 1 aliphatic rings. The summed E-state index contributed by atoms with van der Waals surface area (Å²) in [5.41, 5.74) is 2.27. The van der Waals surface area contributed by atoms with Crippen LogP contribution in [-0.2, 0) is 0 Å². The van der Waals surface area contributed by atoms with Crippen molar-refractivity contribution in [3.8, 4) is 0 Å². The molecule has 0 N–H and O–H groups in total. The summed E-state index contributed by atoms with van der Waals surface area (Å²) < 4.78 is 5.43. The van der Waals surface area contributed by atoms with Gasteiger partial charge in [0.1, 0.15) is 11.5 Å². The van der Waals surface area contributed by atoms with Gasteiger partial charge in [-0.05, 0) is 37.8 Å². The van der Waals surface area contributed by atoms with Gasteiger partial charge in [0.25, 0.3) is 0 Å². The summed E-state index contributed by atoms with van der Waals surface area (Å²) in [7, 11) is 0. The van der Waals surface area contributed by atoms with E-state index < -0.39 is 5.92 Å². The van der Waals surface area contributed by atoms with Crippen molar-refractivity contribution in [1.29, 1.82) is 0 Å². The van der Waals surface area contributed by atoms with Crippen LogP contribution in [0.1, 0.15) is 57.1 Å². The third-order valence-electron chi connectivity index (χ3n) is 4.29. The standard InChI is InChI=1S/C18H18O3/c1-10-8-16(17(19)14-7-5-4-6-13(10)14)18(20)15-9-11(2)21-12(15)3/h4-7,9-10,16H,8H2,1-3H3. The van der Waals surface area contributed by atoms with Gasteiger partial charge in [-0.3, -0.25) is 9.59 Å². The topological polar surface area (TPSA) is 47.3 Å². The molecule has 108 valence electrons. The summed E-state index contributed by atoms with van der Waals surface area (Å²) in [6, 6.07) is 9.32. The molecule has 0 aliphatic heterocycles. The third-order valence-corrected chi connectivity index (χ3v) is 4.29. The van der Waals surface area contributed by atoms with E-state index in [1.807, 2.05) is 31.2 Å². The Morgan fingerprint density at radius 3 is 2.62 bits per heavy atom. The van der Waals surface area contributed by atoms with Crippen molar-refractivity contribution in [2.24, 2.45) is 5.92 Å². The Morgan fingerprint density at radius 2 is 1.95 bits per heavy atom. The maximum absolute atomic E-state index is 12.7. The molecule has 0 radical (unpaired) electrons. The van der Waals surface area contributed by atoms with Gasteiger partial charge in [-0.25, -0.2) is 0 Å². The predicted octanol–water partition coefficient (Wildman–Crippen LogP) is 4.09. The van der Waals surface area contributed by atoms with E-state index in [1.54, 1.807) is 13.0 Å². The number of hydrogen-bond donors (Lipinski definition) is 0. The molecule has 0 fully saturated rings. The lowest BCUT2D eigenvalue weighted by Crippen LogP contribution is -2.31. The van der Waals surface area contributed by atoms with Gasteiger partial charge in [0, 0.05) is 5.56 Å². The summed E-state index contributed by atoms with van der Waals surface area (Å²) in [6.45, 7) is 5.65. The first-order valence-electron chi connectivity index (χ1n) is 7.23. The summed E-state index contributed by atoms with van der Waals surface area (Å²) in [4.78, 5) is 25.4. The average molecular weight is 282 g/mol. The minimum Gasteiger partial charge on any atom is -0.466 e. The fourth-order valence-corrected chi connectivity index (χ4v) is 3.22. The van der Waals surface area contributed by atoms with Gasteiger partial charge in [0.05, 0.1) is 11.5 Å². The summed E-state index contributed by atoms with van der Waals surface area (Å²) in [6.07, 6.45) is 0.568. The van der Waals surface area contributed by atoms with Crippen LogP contribution >= 0.6 is 0 Å². The number of ketones is 2. The number of aryl methyl sites for hydroxylation is 2. The van der Waals surface area contributed by atoms with E-state index in [2.05, 4.69) is 6.92 Å². The Kier molecular flexibility index (Phi) is 3.28. The fraction of sp³-hybridized carbons (Fsp3) is 0.333. The molecular weight excluding hydrogens is 264 g/mol. The van der Waals surface area contributed by atoms with Crippen molar-refractivity contribution in [3.05, 3.63) is 58.5 Å². The second kappa shape index (κ2) is 4.99. The summed E-state index contributed by atoms with van der Waals surface area (Å²) in [5, 5.41) is 0. The molecule has 1 aromatic heterocycles. The Hall–Kier alpha value is -2.16. The SMILES string of the molecule is Cc1cc(C(=O)C2CC(C)c3ccccc3C2=O)c(C)o1. The van der Waals surface area contributed by atoms with E-state index in [-0.39, 0.29) is 17.5 Å². The minimum absolute atomic E-state index is 0.0630. The number of rotatable bonds is 2. The van der Waals surface area contributed by atoms with Crippen LogP contribution in [0.25, 0.3) is 0 Å². The molecule has 2 atom stereocenters. The highest BCUT2D eigenvalue weighted by Gasteiger charge is 2.37. The first-order valence-corrected chi connectivity index (χ1v) is 7.23. The Morgan fingerprint density at radius 1 is 1.24 bits per heavy atom. The highest BCUT2D eigenvalue weighted by atomic mass is 16.3. The fourth-order valence-electron chi connectivity index (χ4n) is 3.22. The molecule has 0 spiro atoms. The van der Waals surface area contributed by atoms with Crippen molar-refractivity contribution >= 4 is 11.6 Å². The molecule has 2 aromatic rings. The van der Waals surface area contributed by atoms with Crippen molar-refractivity contribution in [1.82, 2.24) is 0 Å². The lowest BCUT2D eigenvalue weighted by Gasteiger charge is -2.27. The van der Waals surface area contributed by atoms with Crippen molar-refractivity contribution in [2.75, 3.05) is 0 Å². The average Bonchev–Trinajstić information content (AvgIpc) is 2.81. The van der Waals surface area contributed by atoms with Crippen molar-refractivity contribution in [2.45, 2.75) is 33.1 Å². The zero-order valence-electron chi connectivity index (χ0n) is 12.5. The van der Waals surface area contributed by atoms with E-state index in [1.165, 1.54) is 0 Å². The van der Waals surface area contributed by atoms with Crippen LogP contribution in [0, 0.1) is 19.8 Å². The smallest absolute Gasteiger partial charge is 0.177 e. The predicted molar refractivity (Wildman–Crippen MR) is 79.8 cm³/mol. The van der Waals surface area contributed by atoms with Gasteiger partial charge in [-0.15, -0.1) is 0 Å². The molecule has 3 rings (SSSR count). The number of Topliss-reactive ketones (excluding diaryl/α,β-unsaturated/α-hetero) is 2. The minimum atomic E-state index is -0.592. The lowest BCUT2D eigenvalue weighted by atomic mass is 9.74. The van der Waals surface area contributed by atoms with Crippen LogP contribution in [0.2, 0.25) is 0 Å². The normalized spacial score (nSPS) is 21.2. The summed E-state index contributed by atoms with van der Waals surface area (Å²) in [5.74, 6) is 0.735. The van der Waals surface area contributed by atoms with E-state index in [9.17, 15) is 9.59 Å². The van der Waals surface area contributed by atoms with Gasteiger partial charge in [-0.1, -0.05) is 31.2 Å². The van der Waals surface area contributed by atoms with Gasteiger partial charge in [0.2, 0.25) is 0 Å². The van der Waals surface area contributed by atoms with Crippen LogP contribution < -0.4 is 0 Å². The van der Waals surface area contributed by atoms with Crippen molar-refractivity contribution in [3.63, 3.8) is 0 Å².